The van der Waals surface area contributed by atoms with Crippen LogP contribution in [0.15, 0.2) is 12.1 Å². The third kappa shape index (κ3) is 3.01. The molecule has 4 amide bonds. The lowest BCUT2D eigenvalue weighted by Crippen LogP contribution is -2.36. The summed E-state index contributed by atoms with van der Waals surface area (Å²) in [5.74, 6) is -0.178. The molecule has 0 spiro atoms. The van der Waals surface area contributed by atoms with Crippen LogP contribution in [-0.4, -0.2) is 33.9 Å². The summed E-state index contributed by atoms with van der Waals surface area (Å²) < 4.78 is 0. The van der Waals surface area contributed by atoms with Gasteiger partial charge in [-0.3, -0.25) is 14.9 Å². The number of aromatic amines is 1. The van der Waals surface area contributed by atoms with Crippen LogP contribution in [0.3, 0.4) is 0 Å². The molecule has 1 aromatic carbocycles. The highest BCUT2D eigenvalue weighted by Gasteiger charge is 2.31. The Morgan fingerprint density at radius 2 is 2.09 bits per heavy atom. The van der Waals surface area contributed by atoms with Gasteiger partial charge in [0.15, 0.2) is 0 Å². The monoisotopic (exact) mass is 315 g/mol. The molecule has 1 aliphatic heterocycles. The largest absolute Gasteiger partial charge is 0.349 e. The van der Waals surface area contributed by atoms with E-state index in [2.05, 4.69) is 25.9 Å². The average Bonchev–Trinajstić information content (AvgIpc) is 3.05. The minimum atomic E-state index is -0.817. The van der Waals surface area contributed by atoms with E-state index in [1.54, 1.807) is 0 Å². The van der Waals surface area contributed by atoms with Gasteiger partial charge in [0.05, 0.1) is 24.0 Å². The van der Waals surface area contributed by atoms with Gasteiger partial charge in [-0.25, -0.2) is 9.78 Å². The van der Waals surface area contributed by atoms with Crippen LogP contribution < -0.4 is 16.0 Å². The number of carbonyl (C=O) groups excluding carboxylic acids is 3. The Balaban J connectivity index is 1.62. The van der Waals surface area contributed by atoms with Gasteiger partial charge in [-0.2, -0.15) is 0 Å². The van der Waals surface area contributed by atoms with E-state index in [4.69, 9.17) is 0 Å². The molecular formula is C15H17N5O3. The smallest absolute Gasteiger partial charge is 0.322 e. The second-order valence-electron chi connectivity index (χ2n) is 5.58. The second-order valence-corrected chi connectivity index (χ2v) is 5.58. The Bertz CT molecular complexity index is 811. The van der Waals surface area contributed by atoms with Gasteiger partial charge in [0.1, 0.15) is 11.9 Å². The molecule has 0 bridgehead atoms. The molecule has 120 valence electrons. The van der Waals surface area contributed by atoms with E-state index in [1.165, 1.54) is 0 Å². The summed E-state index contributed by atoms with van der Waals surface area (Å²) in [5.41, 5.74) is 4.06. The van der Waals surface area contributed by atoms with E-state index in [9.17, 15) is 14.4 Å². The molecule has 23 heavy (non-hydrogen) atoms. The normalized spacial score (nSPS) is 17.2. The van der Waals surface area contributed by atoms with E-state index >= 15 is 0 Å². The second kappa shape index (κ2) is 5.71. The van der Waals surface area contributed by atoms with Crippen molar-refractivity contribution >= 4 is 28.9 Å². The Kier molecular flexibility index (Phi) is 3.73. The molecule has 8 nitrogen and oxygen atoms in total. The number of hydrogen-bond acceptors (Lipinski definition) is 4. The molecule has 4 N–H and O–H groups in total. The third-order valence-electron chi connectivity index (χ3n) is 3.93. The number of rotatable bonds is 4. The SMILES string of the molecule is Cc1ccc2[nH]c(CNC(=O)CC3NC(=O)NC3=O)nc2c1C. The molecule has 0 aliphatic carbocycles. The number of nitrogens with zero attached hydrogens (tertiary/aromatic N) is 1. The maximum Gasteiger partial charge on any atom is 0.322 e. The first-order valence-corrected chi connectivity index (χ1v) is 7.27. The predicted octanol–water partition coefficient (Wildman–Crippen LogP) is 0.394. The van der Waals surface area contributed by atoms with Crippen molar-refractivity contribution in [3.8, 4) is 0 Å². The van der Waals surface area contributed by atoms with Gasteiger partial charge < -0.3 is 15.6 Å². The number of urea groups is 1. The van der Waals surface area contributed by atoms with Crippen LogP contribution in [-0.2, 0) is 16.1 Å². The molecule has 3 rings (SSSR count). The van der Waals surface area contributed by atoms with Crippen LogP contribution in [0.4, 0.5) is 4.79 Å². The number of benzene rings is 1. The fourth-order valence-corrected chi connectivity index (χ4v) is 2.49. The zero-order valence-electron chi connectivity index (χ0n) is 12.8. The van der Waals surface area contributed by atoms with Crippen molar-refractivity contribution in [3.05, 3.63) is 29.1 Å². The molecule has 2 heterocycles. The number of aryl methyl sites for hydroxylation is 2. The summed E-state index contributed by atoms with van der Waals surface area (Å²) in [7, 11) is 0. The molecule has 8 heteroatoms. The number of imide groups is 1. The minimum Gasteiger partial charge on any atom is -0.349 e. The van der Waals surface area contributed by atoms with Gasteiger partial charge in [-0.15, -0.1) is 0 Å². The summed E-state index contributed by atoms with van der Waals surface area (Å²) in [6.07, 6.45) is -0.101. The molecule has 1 atom stereocenters. The highest BCUT2D eigenvalue weighted by atomic mass is 16.2. The van der Waals surface area contributed by atoms with Crippen molar-refractivity contribution < 1.29 is 14.4 Å². The number of imidazole rings is 1. The predicted molar refractivity (Wildman–Crippen MR) is 82.5 cm³/mol. The maximum atomic E-state index is 11.9. The lowest BCUT2D eigenvalue weighted by Gasteiger charge is -2.07. The molecule has 0 saturated carbocycles. The first-order chi connectivity index (χ1) is 10.9. The molecule has 1 unspecified atom stereocenters. The van der Waals surface area contributed by atoms with E-state index in [0.717, 1.165) is 22.2 Å². The maximum absolute atomic E-state index is 11.9. The summed E-state index contributed by atoms with van der Waals surface area (Å²) in [5, 5.41) is 7.16. The summed E-state index contributed by atoms with van der Waals surface area (Å²) in [6, 6.07) is 2.58. The Labute approximate surface area is 132 Å². The molecule has 0 radical (unpaired) electrons. The van der Waals surface area contributed by atoms with Crippen LogP contribution in [0, 0.1) is 13.8 Å². The first kappa shape index (κ1) is 15.0. The van der Waals surface area contributed by atoms with Crippen LogP contribution >= 0.6 is 0 Å². The Morgan fingerprint density at radius 1 is 1.30 bits per heavy atom. The molecular weight excluding hydrogens is 298 g/mol. The molecule has 1 saturated heterocycles. The Hall–Kier alpha value is -2.90. The fourth-order valence-electron chi connectivity index (χ4n) is 2.49. The van der Waals surface area contributed by atoms with Gasteiger partial charge in [0.25, 0.3) is 5.91 Å². The number of hydrogen-bond donors (Lipinski definition) is 4. The van der Waals surface area contributed by atoms with Crippen molar-refractivity contribution in [1.29, 1.82) is 0 Å². The van der Waals surface area contributed by atoms with Crippen LogP contribution in [0.25, 0.3) is 11.0 Å². The van der Waals surface area contributed by atoms with Crippen molar-refractivity contribution in [1.82, 2.24) is 25.9 Å². The van der Waals surface area contributed by atoms with E-state index < -0.39 is 18.0 Å². The Morgan fingerprint density at radius 3 is 2.78 bits per heavy atom. The standard InChI is InChI=1S/C15H17N5O3/c1-7-3-4-9-13(8(7)2)19-11(17-9)6-16-12(21)5-10-14(22)20-15(23)18-10/h3-4,10H,5-6H2,1-2H3,(H,16,21)(H,17,19)(H2,18,20,22,23). The van der Waals surface area contributed by atoms with Gasteiger partial charge in [0, 0.05) is 0 Å². The lowest BCUT2D eigenvalue weighted by atomic mass is 10.1. The number of aromatic nitrogens is 2. The minimum absolute atomic E-state index is 0.101. The molecule has 1 aliphatic rings. The van der Waals surface area contributed by atoms with E-state index in [0.29, 0.717) is 5.82 Å². The fraction of sp³-hybridized carbons (Fsp3) is 0.333. The van der Waals surface area contributed by atoms with Crippen molar-refractivity contribution in [3.63, 3.8) is 0 Å². The zero-order valence-corrected chi connectivity index (χ0v) is 12.8. The zero-order chi connectivity index (χ0) is 16.6. The van der Waals surface area contributed by atoms with Gasteiger partial charge in [0.2, 0.25) is 5.91 Å². The van der Waals surface area contributed by atoms with Gasteiger partial charge in [-0.1, -0.05) is 6.07 Å². The van der Waals surface area contributed by atoms with Crippen LogP contribution in [0.1, 0.15) is 23.4 Å². The van der Waals surface area contributed by atoms with Crippen molar-refractivity contribution in [2.24, 2.45) is 0 Å². The quantitative estimate of drug-likeness (QED) is 0.611. The number of carbonyl (C=O) groups is 3. The molecule has 1 fully saturated rings. The number of H-pyrrole nitrogens is 1. The van der Waals surface area contributed by atoms with Crippen molar-refractivity contribution in [2.45, 2.75) is 32.9 Å². The topological polar surface area (TPSA) is 116 Å². The van der Waals surface area contributed by atoms with Gasteiger partial charge >= 0.3 is 6.03 Å². The summed E-state index contributed by atoms with van der Waals surface area (Å²) in [4.78, 5) is 41.9. The summed E-state index contributed by atoms with van der Waals surface area (Å²) >= 11 is 0. The third-order valence-corrected chi connectivity index (χ3v) is 3.93. The first-order valence-electron chi connectivity index (χ1n) is 7.27. The molecule has 2 aromatic rings. The van der Waals surface area contributed by atoms with E-state index in [1.807, 2.05) is 26.0 Å². The average molecular weight is 315 g/mol. The number of amides is 4. The lowest BCUT2D eigenvalue weighted by molar-refractivity contribution is -0.126. The summed E-state index contributed by atoms with van der Waals surface area (Å²) in [6.45, 7) is 4.25. The van der Waals surface area contributed by atoms with Crippen molar-refractivity contribution in [2.75, 3.05) is 0 Å². The highest BCUT2D eigenvalue weighted by molar-refractivity contribution is 6.05. The number of nitrogens with one attached hydrogen (secondary N) is 4. The van der Waals surface area contributed by atoms with E-state index in [-0.39, 0.29) is 18.9 Å². The molecule has 1 aromatic heterocycles. The van der Waals surface area contributed by atoms with Gasteiger partial charge in [-0.05, 0) is 31.0 Å². The van der Waals surface area contributed by atoms with Crippen LogP contribution in [0.2, 0.25) is 0 Å². The highest BCUT2D eigenvalue weighted by Crippen LogP contribution is 2.19. The van der Waals surface area contributed by atoms with Crippen LogP contribution in [0.5, 0.6) is 0 Å². The number of fused-ring (bicyclic) bond motifs is 1.